The van der Waals surface area contributed by atoms with Crippen molar-refractivity contribution in [3.05, 3.63) is 37.4 Å². The van der Waals surface area contributed by atoms with Crippen LogP contribution in [0.1, 0.15) is 32.1 Å². The van der Waals surface area contributed by atoms with E-state index >= 15 is 0 Å². The average molecular weight is 380 g/mol. The molecule has 1 aliphatic rings. The minimum atomic E-state index is 0.135. The molecule has 0 aromatic carbocycles. The van der Waals surface area contributed by atoms with Crippen LogP contribution in [0.25, 0.3) is 11.1 Å². The van der Waals surface area contributed by atoms with Crippen LogP contribution in [-0.4, -0.2) is 31.6 Å². The fourth-order valence-corrected chi connectivity index (χ4v) is 3.70. The molecule has 3 aromatic rings. The van der Waals surface area contributed by atoms with E-state index in [1.807, 2.05) is 19.3 Å². The number of carbonyl (C=O) groups is 1. The highest BCUT2D eigenvalue weighted by Crippen LogP contribution is 2.31. The summed E-state index contributed by atoms with van der Waals surface area (Å²) in [7, 11) is 1.86. The lowest BCUT2D eigenvalue weighted by Crippen LogP contribution is -2.27. The van der Waals surface area contributed by atoms with Crippen molar-refractivity contribution in [3.8, 4) is 0 Å². The smallest absolute Gasteiger partial charge is 0.230 e. The van der Waals surface area contributed by atoms with Gasteiger partial charge in [-0.15, -0.1) is 0 Å². The summed E-state index contributed by atoms with van der Waals surface area (Å²) in [6.07, 6.45) is 11.3. The molecule has 146 valence electrons. The number of aryl methyl sites for hydroxylation is 1. The van der Waals surface area contributed by atoms with Crippen LogP contribution in [0.3, 0.4) is 0 Å². The van der Waals surface area contributed by atoms with Crippen molar-refractivity contribution in [2.75, 3.05) is 10.6 Å². The Balaban J connectivity index is 1.47. The van der Waals surface area contributed by atoms with Crippen LogP contribution in [-0.2, 0) is 11.8 Å². The second-order valence-corrected chi connectivity index (χ2v) is 7.30. The zero-order valence-electron chi connectivity index (χ0n) is 15.9. The van der Waals surface area contributed by atoms with Crippen LogP contribution in [0.2, 0.25) is 0 Å². The van der Waals surface area contributed by atoms with Gasteiger partial charge in [0.2, 0.25) is 5.95 Å². The van der Waals surface area contributed by atoms with Crippen LogP contribution in [0, 0.1) is 5.92 Å². The highest BCUT2D eigenvalue weighted by Gasteiger charge is 2.24. The SMILES string of the molecule is C=CC(=O)CC1CCC(Nc2nc(Nc3cnn(C)c3)nc3ccoc23)CC1. The Morgan fingerprint density at radius 1 is 1.36 bits per heavy atom. The lowest BCUT2D eigenvalue weighted by molar-refractivity contribution is -0.115. The molecule has 8 heteroatoms. The minimum Gasteiger partial charge on any atom is -0.459 e. The average Bonchev–Trinajstić information content (AvgIpc) is 3.32. The van der Waals surface area contributed by atoms with Crippen LogP contribution in [0.15, 0.2) is 41.8 Å². The molecule has 4 rings (SSSR count). The maximum absolute atomic E-state index is 11.6. The summed E-state index contributed by atoms with van der Waals surface area (Å²) in [5.41, 5.74) is 2.22. The van der Waals surface area contributed by atoms with E-state index in [4.69, 9.17) is 4.42 Å². The standard InChI is InChI=1S/C20H24N6O2/c1-3-16(27)10-13-4-6-14(7-5-13)22-19-18-17(8-9-28-18)24-20(25-19)23-15-11-21-26(2)12-15/h3,8-9,11-14H,1,4-7,10H2,2H3,(H2,22,23,24,25). The molecule has 0 radical (unpaired) electrons. The van der Waals surface area contributed by atoms with Gasteiger partial charge in [0.15, 0.2) is 17.2 Å². The predicted octanol–water partition coefficient (Wildman–Crippen LogP) is 3.82. The number of allylic oxidation sites excluding steroid dienone is 1. The number of anilines is 3. The molecule has 0 bridgehead atoms. The molecule has 3 heterocycles. The third kappa shape index (κ3) is 4.05. The summed E-state index contributed by atoms with van der Waals surface area (Å²) in [5.74, 6) is 1.76. The van der Waals surface area contributed by atoms with Crippen molar-refractivity contribution in [1.29, 1.82) is 0 Å². The first kappa shape index (κ1) is 18.2. The summed E-state index contributed by atoms with van der Waals surface area (Å²) < 4.78 is 7.32. The van der Waals surface area contributed by atoms with Crippen LogP contribution >= 0.6 is 0 Å². The molecule has 1 saturated carbocycles. The van der Waals surface area contributed by atoms with Crippen molar-refractivity contribution >= 4 is 34.3 Å². The number of fused-ring (bicyclic) bond motifs is 1. The zero-order valence-corrected chi connectivity index (χ0v) is 15.9. The Morgan fingerprint density at radius 2 is 2.18 bits per heavy atom. The van der Waals surface area contributed by atoms with E-state index in [0.717, 1.165) is 36.9 Å². The van der Waals surface area contributed by atoms with Crippen LogP contribution in [0.4, 0.5) is 17.5 Å². The number of rotatable bonds is 7. The van der Waals surface area contributed by atoms with Gasteiger partial charge in [-0.3, -0.25) is 9.48 Å². The van der Waals surface area contributed by atoms with Gasteiger partial charge in [0, 0.05) is 31.8 Å². The number of ketones is 1. The summed E-state index contributed by atoms with van der Waals surface area (Å²) in [5, 5.41) is 10.9. The van der Waals surface area contributed by atoms with E-state index in [9.17, 15) is 4.79 Å². The lowest BCUT2D eigenvalue weighted by atomic mass is 9.83. The Kier molecular flexibility index (Phi) is 5.10. The molecule has 0 amide bonds. The molecule has 0 spiro atoms. The molecule has 0 atom stereocenters. The molecule has 8 nitrogen and oxygen atoms in total. The Morgan fingerprint density at radius 3 is 2.89 bits per heavy atom. The number of aromatic nitrogens is 4. The molecule has 28 heavy (non-hydrogen) atoms. The van der Waals surface area contributed by atoms with Gasteiger partial charge < -0.3 is 15.1 Å². The molecule has 2 N–H and O–H groups in total. The van der Waals surface area contributed by atoms with E-state index in [2.05, 4.69) is 32.3 Å². The van der Waals surface area contributed by atoms with Gasteiger partial charge in [-0.25, -0.2) is 4.98 Å². The van der Waals surface area contributed by atoms with Crippen LogP contribution in [0.5, 0.6) is 0 Å². The van der Waals surface area contributed by atoms with Gasteiger partial charge in [0.1, 0.15) is 5.52 Å². The fourth-order valence-electron chi connectivity index (χ4n) is 3.70. The number of furan rings is 1. The van der Waals surface area contributed by atoms with E-state index < -0.39 is 0 Å². The summed E-state index contributed by atoms with van der Waals surface area (Å²) in [6, 6.07) is 2.12. The van der Waals surface area contributed by atoms with Crippen molar-refractivity contribution in [2.24, 2.45) is 13.0 Å². The van der Waals surface area contributed by atoms with Gasteiger partial charge in [-0.1, -0.05) is 6.58 Å². The summed E-state index contributed by atoms with van der Waals surface area (Å²) in [4.78, 5) is 20.7. The predicted molar refractivity (Wildman–Crippen MR) is 107 cm³/mol. The van der Waals surface area contributed by atoms with Gasteiger partial charge in [0.25, 0.3) is 0 Å². The Bertz CT molecular complexity index is 984. The van der Waals surface area contributed by atoms with Crippen molar-refractivity contribution in [2.45, 2.75) is 38.1 Å². The summed E-state index contributed by atoms with van der Waals surface area (Å²) >= 11 is 0. The van der Waals surface area contributed by atoms with Gasteiger partial charge >= 0.3 is 0 Å². The van der Waals surface area contributed by atoms with Crippen molar-refractivity contribution < 1.29 is 9.21 Å². The molecular formula is C20H24N6O2. The second-order valence-electron chi connectivity index (χ2n) is 7.30. The summed E-state index contributed by atoms with van der Waals surface area (Å²) in [6.45, 7) is 3.56. The third-order valence-corrected chi connectivity index (χ3v) is 5.17. The van der Waals surface area contributed by atoms with Crippen molar-refractivity contribution in [1.82, 2.24) is 19.7 Å². The second kappa shape index (κ2) is 7.84. The minimum absolute atomic E-state index is 0.135. The molecule has 3 aromatic heterocycles. The first-order valence-electron chi connectivity index (χ1n) is 9.53. The van der Waals surface area contributed by atoms with E-state index in [1.165, 1.54) is 6.08 Å². The van der Waals surface area contributed by atoms with E-state index in [-0.39, 0.29) is 5.78 Å². The van der Waals surface area contributed by atoms with E-state index in [0.29, 0.717) is 35.7 Å². The zero-order chi connectivity index (χ0) is 19.5. The Hall–Kier alpha value is -3.16. The number of hydrogen-bond acceptors (Lipinski definition) is 7. The molecule has 0 aliphatic heterocycles. The van der Waals surface area contributed by atoms with Crippen molar-refractivity contribution in [3.63, 3.8) is 0 Å². The molecule has 1 fully saturated rings. The molecule has 1 aliphatic carbocycles. The number of nitrogens with zero attached hydrogens (tertiary/aromatic N) is 4. The quantitative estimate of drug-likeness (QED) is 0.601. The molecule has 0 saturated heterocycles. The number of nitrogens with one attached hydrogen (secondary N) is 2. The fraction of sp³-hybridized carbons (Fsp3) is 0.400. The number of carbonyl (C=O) groups excluding carboxylic acids is 1. The van der Waals surface area contributed by atoms with Gasteiger partial charge in [-0.05, 0) is 37.7 Å². The lowest BCUT2D eigenvalue weighted by Gasteiger charge is -2.29. The normalized spacial score (nSPS) is 19.5. The number of hydrogen-bond donors (Lipinski definition) is 2. The highest BCUT2D eigenvalue weighted by atomic mass is 16.3. The maximum atomic E-state index is 11.6. The third-order valence-electron chi connectivity index (χ3n) is 5.17. The molecular weight excluding hydrogens is 356 g/mol. The van der Waals surface area contributed by atoms with E-state index in [1.54, 1.807) is 17.1 Å². The Labute approximate surface area is 163 Å². The van der Waals surface area contributed by atoms with Gasteiger partial charge in [-0.2, -0.15) is 10.1 Å². The van der Waals surface area contributed by atoms with Crippen LogP contribution < -0.4 is 10.6 Å². The largest absolute Gasteiger partial charge is 0.459 e. The first-order chi connectivity index (χ1) is 13.6. The molecule has 0 unspecified atom stereocenters. The maximum Gasteiger partial charge on any atom is 0.230 e. The van der Waals surface area contributed by atoms with Gasteiger partial charge in [0.05, 0.1) is 18.1 Å². The first-order valence-corrected chi connectivity index (χ1v) is 9.53. The highest BCUT2D eigenvalue weighted by molar-refractivity contribution is 5.89. The topological polar surface area (TPSA) is 97.9 Å². The monoisotopic (exact) mass is 380 g/mol.